The van der Waals surface area contributed by atoms with Crippen molar-refractivity contribution in [3.05, 3.63) is 71.3 Å². The Morgan fingerprint density at radius 2 is 1.66 bits per heavy atom. The highest BCUT2D eigenvalue weighted by Gasteiger charge is 2.44. The van der Waals surface area contributed by atoms with Crippen LogP contribution in [0.15, 0.2) is 54.6 Å². The summed E-state index contributed by atoms with van der Waals surface area (Å²) in [6.45, 7) is 8.14. The van der Waals surface area contributed by atoms with Crippen LogP contribution in [0.2, 0.25) is 0 Å². The van der Waals surface area contributed by atoms with Crippen molar-refractivity contribution in [1.82, 2.24) is 4.90 Å². The first-order valence-corrected chi connectivity index (χ1v) is 10.9. The number of halogens is 1. The van der Waals surface area contributed by atoms with Gasteiger partial charge < -0.3 is 0 Å². The second-order valence-electron chi connectivity index (χ2n) is 7.94. The fraction of sp³-hybridized carbons (Fsp3) is 0.500. The van der Waals surface area contributed by atoms with E-state index in [0.717, 1.165) is 31.5 Å². The van der Waals surface area contributed by atoms with E-state index in [-0.39, 0.29) is 0 Å². The molecule has 2 aromatic carbocycles. The summed E-state index contributed by atoms with van der Waals surface area (Å²) < 4.78 is 14.1. The van der Waals surface area contributed by atoms with Gasteiger partial charge in [0.1, 0.15) is 5.67 Å². The molecule has 0 bridgehead atoms. The first-order valence-electron chi connectivity index (χ1n) is 10.9. The molecule has 3 rings (SSSR count). The average molecular weight is 395 g/mol. The Hall–Kier alpha value is -2.18. The van der Waals surface area contributed by atoms with Crippen molar-refractivity contribution >= 4 is 0 Å². The molecular formula is C26H35FN2. The van der Waals surface area contributed by atoms with E-state index in [9.17, 15) is 4.39 Å². The number of hydrogen-bond donors (Lipinski definition) is 0. The Labute approximate surface area is 176 Å². The lowest BCUT2D eigenvalue weighted by Gasteiger charge is -2.31. The first-order chi connectivity index (χ1) is 14.1. The topological polar surface area (TPSA) is 27.0 Å². The van der Waals surface area contributed by atoms with Gasteiger partial charge in [-0.05, 0) is 61.8 Å². The van der Waals surface area contributed by atoms with Gasteiger partial charge in [-0.15, -0.1) is 0 Å². The molecule has 0 aromatic heterocycles. The molecule has 0 heterocycles. The van der Waals surface area contributed by atoms with Gasteiger partial charge in [0.05, 0.1) is 6.07 Å². The van der Waals surface area contributed by atoms with E-state index in [4.69, 9.17) is 5.26 Å². The lowest BCUT2D eigenvalue weighted by Crippen LogP contribution is -2.35. The molecular weight excluding hydrogens is 359 g/mol. The number of nitrogens with zero attached hydrogens (tertiary/aromatic N) is 2. The molecule has 0 N–H and O–H groups in total. The number of benzene rings is 2. The average Bonchev–Trinajstić information content (AvgIpc) is 3.49. The van der Waals surface area contributed by atoms with E-state index in [1.807, 2.05) is 12.1 Å². The molecule has 0 aliphatic heterocycles. The van der Waals surface area contributed by atoms with Crippen molar-refractivity contribution in [2.45, 2.75) is 77.6 Å². The zero-order valence-corrected chi connectivity index (χ0v) is 18.2. The molecule has 2 nitrogen and oxygen atoms in total. The molecule has 0 radical (unpaired) electrons. The third-order valence-corrected chi connectivity index (χ3v) is 5.65. The third kappa shape index (κ3) is 7.29. The lowest BCUT2D eigenvalue weighted by molar-refractivity contribution is 0.173. The molecule has 1 saturated carbocycles. The van der Waals surface area contributed by atoms with Gasteiger partial charge in [0.25, 0.3) is 0 Å². The maximum absolute atomic E-state index is 14.1. The van der Waals surface area contributed by atoms with E-state index >= 15 is 0 Å². The van der Waals surface area contributed by atoms with Gasteiger partial charge in [0.15, 0.2) is 0 Å². The summed E-state index contributed by atoms with van der Waals surface area (Å²) in [5.41, 5.74) is 2.57. The molecule has 1 aliphatic carbocycles. The molecule has 2 aromatic rings. The van der Waals surface area contributed by atoms with Gasteiger partial charge in [0.2, 0.25) is 0 Å². The predicted octanol–water partition coefficient (Wildman–Crippen LogP) is 6.80. The zero-order chi connectivity index (χ0) is 21.1. The Morgan fingerprint density at radius 1 is 1.03 bits per heavy atom. The van der Waals surface area contributed by atoms with Crippen LogP contribution in [0.3, 0.4) is 0 Å². The minimum Gasteiger partial charge on any atom is -0.296 e. The number of hydrogen-bond acceptors (Lipinski definition) is 2. The van der Waals surface area contributed by atoms with Crippen LogP contribution < -0.4 is 0 Å². The molecule has 1 fully saturated rings. The molecule has 156 valence electrons. The maximum atomic E-state index is 14.1. The fourth-order valence-electron chi connectivity index (χ4n) is 3.84. The Balaban J connectivity index is 0.000000941. The molecule has 1 aliphatic rings. The molecule has 3 heteroatoms. The van der Waals surface area contributed by atoms with Crippen molar-refractivity contribution < 1.29 is 4.39 Å². The molecule has 29 heavy (non-hydrogen) atoms. The van der Waals surface area contributed by atoms with Crippen LogP contribution in [0, 0.1) is 11.3 Å². The predicted molar refractivity (Wildman–Crippen MR) is 119 cm³/mol. The Bertz CT molecular complexity index is 745. The van der Waals surface area contributed by atoms with Crippen molar-refractivity contribution in [3.8, 4) is 6.07 Å². The summed E-state index contributed by atoms with van der Waals surface area (Å²) in [6, 6.07) is 21.4. The zero-order valence-electron chi connectivity index (χ0n) is 18.2. The van der Waals surface area contributed by atoms with Gasteiger partial charge in [-0.1, -0.05) is 68.4 Å². The highest BCUT2D eigenvalue weighted by molar-refractivity contribution is 5.31. The maximum Gasteiger partial charge on any atom is 0.136 e. The summed E-state index contributed by atoms with van der Waals surface area (Å²) in [5.74, 6) is 0. The van der Waals surface area contributed by atoms with Crippen LogP contribution >= 0.6 is 0 Å². The van der Waals surface area contributed by atoms with E-state index in [1.54, 1.807) is 6.07 Å². The smallest absolute Gasteiger partial charge is 0.136 e. The Kier molecular flexibility index (Phi) is 9.35. The van der Waals surface area contributed by atoms with Crippen LogP contribution in [0.25, 0.3) is 0 Å². The summed E-state index contributed by atoms with van der Waals surface area (Å²) in [7, 11) is 0. The van der Waals surface area contributed by atoms with Gasteiger partial charge in [-0.3, -0.25) is 4.90 Å². The van der Waals surface area contributed by atoms with Crippen LogP contribution in [0.1, 0.15) is 69.6 Å². The summed E-state index contributed by atoms with van der Waals surface area (Å²) in [5, 5.41) is 7.32. The van der Waals surface area contributed by atoms with Crippen LogP contribution in [-0.4, -0.2) is 17.5 Å². The number of rotatable bonds is 10. The van der Waals surface area contributed by atoms with Crippen LogP contribution in [0.4, 0.5) is 4.39 Å². The van der Waals surface area contributed by atoms with Crippen molar-refractivity contribution in [2.24, 2.45) is 0 Å². The van der Waals surface area contributed by atoms with E-state index in [2.05, 4.69) is 61.2 Å². The highest BCUT2D eigenvalue weighted by atomic mass is 19.1. The van der Waals surface area contributed by atoms with E-state index < -0.39 is 5.67 Å². The van der Waals surface area contributed by atoms with Crippen molar-refractivity contribution in [2.75, 3.05) is 6.54 Å². The van der Waals surface area contributed by atoms with Crippen molar-refractivity contribution in [3.63, 3.8) is 0 Å². The minimum atomic E-state index is -1.02. The number of alkyl halides is 1. The standard InChI is InChI=1S/C24H32FN.C2H3N/c1-3-18-26(19-21-8-6-5-7-9-21)23(4-2)15-12-20-10-13-22(14-11-20)24(25)16-17-24;1-2-3/h5-11,13-14,23H,3-4,12,15-19H2,1-2H3;1H3. The Morgan fingerprint density at radius 3 is 2.17 bits per heavy atom. The third-order valence-electron chi connectivity index (χ3n) is 5.65. The SMILES string of the molecule is CC#N.CCCN(Cc1ccccc1)C(CC)CCc1ccc(C2(F)CC2)cc1. The van der Waals surface area contributed by atoms with Crippen molar-refractivity contribution in [1.29, 1.82) is 5.26 Å². The van der Waals surface area contributed by atoms with Gasteiger partial charge in [-0.25, -0.2) is 4.39 Å². The molecule has 1 unspecified atom stereocenters. The molecule has 1 atom stereocenters. The van der Waals surface area contributed by atoms with Gasteiger partial charge >= 0.3 is 0 Å². The lowest BCUT2D eigenvalue weighted by atomic mass is 9.99. The van der Waals surface area contributed by atoms with Crippen LogP contribution in [0.5, 0.6) is 0 Å². The van der Waals surface area contributed by atoms with E-state index in [1.165, 1.54) is 30.9 Å². The fourth-order valence-corrected chi connectivity index (χ4v) is 3.84. The molecule has 0 amide bonds. The van der Waals surface area contributed by atoms with Gasteiger partial charge in [-0.2, -0.15) is 5.26 Å². The quantitative estimate of drug-likeness (QED) is 0.443. The van der Waals surface area contributed by atoms with Crippen LogP contribution in [-0.2, 0) is 18.6 Å². The number of nitriles is 1. The summed E-state index contributed by atoms with van der Waals surface area (Å²) >= 11 is 0. The summed E-state index contributed by atoms with van der Waals surface area (Å²) in [6.07, 6.45) is 5.94. The molecule has 0 saturated heterocycles. The molecule has 0 spiro atoms. The minimum absolute atomic E-state index is 0.589. The highest BCUT2D eigenvalue weighted by Crippen LogP contribution is 2.49. The normalized spacial score (nSPS) is 15.2. The largest absolute Gasteiger partial charge is 0.296 e. The van der Waals surface area contributed by atoms with Gasteiger partial charge in [0, 0.05) is 19.5 Å². The van der Waals surface area contributed by atoms with E-state index in [0.29, 0.717) is 18.9 Å². The second kappa shape index (κ2) is 11.7. The monoisotopic (exact) mass is 394 g/mol. The number of aryl methyl sites for hydroxylation is 1. The summed E-state index contributed by atoms with van der Waals surface area (Å²) in [4.78, 5) is 2.63. The second-order valence-corrected chi connectivity index (χ2v) is 7.94. The first kappa shape index (κ1) is 23.1.